The van der Waals surface area contributed by atoms with Gasteiger partial charge in [0.1, 0.15) is 17.5 Å². The van der Waals surface area contributed by atoms with Gasteiger partial charge in [-0.05, 0) is 6.92 Å². The topological polar surface area (TPSA) is 51.1 Å². The number of pyridine rings is 1. The Balaban J connectivity index is 1.89. The van der Waals surface area contributed by atoms with E-state index >= 15 is 0 Å². The predicted molar refractivity (Wildman–Crippen MR) is 72.3 cm³/mol. The summed E-state index contributed by atoms with van der Waals surface area (Å²) in [6.45, 7) is 2.56. The average molecular weight is 310 g/mol. The minimum Gasteiger partial charge on any atom is -0.379 e. The molecule has 5 nitrogen and oxygen atoms in total. The second-order valence-corrected chi connectivity index (χ2v) is 5.60. The number of rotatable bonds is 1. The van der Waals surface area contributed by atoms with E-state index < -0.39 is 24.1 Å². The lowest BCUT2D eigenvalue weighted by atomic mass is 10.2. The lowest BCUT2D eigenvalue weighted by Crippen LogP contribution is -2.31. The summed E-state index contributed by atoms with van der Waals surface area (Å²) >= 11 is 0. The molecule has 0 N–H and O–H groups in total. The lowest BCUT2D eigenvalue weighted by Gasteiger charge is -2.23. The first-order valence-electron chi connectivity index (χ1n) is 7.04. The molecular weight excluding hydrogens is 297 g/mol. The third kappa shape index (κ3) is 1.93. The van der Waals surface area contributed by atoms with Gasteiger partial charge in [0.25, 0.3) is 0 Å². The second-order valence-electron chi connectivity index (χ2n) is 5.60. The zero-order valence-corrected chi connectivity index (χ0v) is 11.8. The largest absolute Gasteiger partial charge is 0.379 e. The molecule has 0 bridgehead atoms. The molecule has 116 valence electrons. The van der Waals surface area contributed by atoms with Crippen molar-refractivity contribution in [3.63, 3.8) is 0 Å². The number of aryl methyl sites for hydroxylation is 1. The van der Waals surface area contributed by atoms with E-state index in [2.05, 4.69) is 15.0 Å². The third-order valence-corrected chi connectivity index (χ3v) is 4.26. The molecule has 22 heavy (non-hydrogen) atoms. The van der Waals surface area contributed by atoms with Crippen LogP contribution in [0, 0.1) is 24.7 Å². The van der Waals surface area contributed by atoms with Crippen LogP contribution in [-0.2, 0) is 4.74 Å². The van der Waals surface area contributed by atoms with Crippen LogP contribution in [0.3, 0.4) is 0 Å². The summed E-state index contributed by atoms with van der Waals surface area (Å²) in [5.41, 5.74) is -0.00353. The van der Waals surface area contributed by atoms with Crippen molar-refractivity contribution in [2.45, 2.75) is 19.1 Å². The summed E-state index contributed by atoms with van der Waals surface area (Å²) in [6, 6.07) is -0.413. The second kappa shape index (κ2) is 4.77. The molecule has 2 aromatic heterocycles. The van der Waals surface area contributed by atoms with E-state index in [1.54, 1.807) is 4.90 Å². The van der Waals surface area contributed by atoms with Crippen molar-refractivity contribution in [3.05, 3.63) is 23.8 Å². The number of nitrogens with zero attached hydrogens (tertiary/aromatic N) is 4. The van der Waals surface area contributed by atoms with Crippen molar-refractivity contribution in [2.75, 3.05) is 24.7 Å². The van der Waals surface area contributed by atoms with Crippen molar-refractivity contribution in [3.8, 4) is 0 Å². The Kier molecular flexibility index (Phi) is 2.97. The maximum Gasteiger partial charge on any atom is 0.311 e. The van der Waals surface area contributed by atoms with Gasteiger partial charge in [-0.1, -0.05) is 0 Å². The maximum atomic E-state index is 14.2. The van der Waals surface area contributed by atoms with Gasteiger partial charge >= 0.3 is 6.08 Å². The first kappa shape index (κ1) is 13.7. The molecule has 0 aromatic carbocycles. The molecule has 0 amide bonds. The Morgan fingerprint density at radius 1 is 1.32 bits per heavy atom. The summed E-state index contributed by atoms with van der Waals surface area (Å²) < 4.78 is 47.1. The van der Waals surface area contributed by atoms with E-state index in [0.717, 1.165) is 0 Å². The van der Waals surface area contributed by atoms with E-state index in [1.165, 1.54) is 13.1 Å². The first-order chi connectivity index (χ1) is 10.6. The van der Waals surface area contributed by atoms with E-state index in [9.17, 15) is 13.2 Å². The van der Waals surface area contributed by atoms with Gasteiger partial charge in [0.15, 0.2) is 5.82 Å². The monoisotopic (exact) mass is 310 g/mol. The minimum absolute atomic E-state index is 0.128. The Morgan fingerprint density at radius 2 is 2.14 bits per heavy atom. The molecule has 2 aliphatic rings. The molecule has 2 aromatic rings. The average Bonchev–Trinajstić information content (AvgIpc) is 3.18. The highest BCUT2D eigenvalue weighted by Crippen LogP contribution is 2.43. The zero-order chi connectivity index (χ0) is 15.4. The van der Waals surface area contributed by atoms with Crippen LogP contribution in [0.5, 0.6) is 0 Å². The van der Waals surface area contributed by atoms with Crippen LogP contribution in [0.1, 0.15) is 5.69 Å². The molecule has 4 rings (SSSR count). The SMILES string of the molecule is Cc1ncc2c(N3CCOC[C@H]4[C@H](F)[C@H]43)nc(F)nc2c1F. The summed E-state index contributed by atoms with van der Waals surface area (Å²) in [6.07, 6.45) is -0.680. The fraction of sp³-hybridized carbons (Fsp3) is 0.500. The van der Waals surface area contributed by atoms with Crippen LogP contribution in [0.2, 0.25) is 0 Å². The Labute approximate surface area is 124 Å². The van der Waals surface area contributed by atoms with E-state index in [1.807, 2.05) is 0 Å². The molecule has 1 aliphatic carbocycles. The summed E-state index contributed by atoms with van der Waals surface area (Å²) in [5, 5.41) is 0.282. The van der Waals surface area contributed by atoms with Crippen LogP contribution < -0.4 is 4.90 Å². The van der Waals surface area contributed by atoms with E-state index in [4.69, 9.17) is 4.74 Å². The van der Waals surface area contributed by atoms with Gasteiger partial charge in [-0.2, -0.15) is 14.4 Å². The standard InChI is InChI=1S/C14H13F3N4O/c1-6-9(15)11-7(4-18-6)13(20-14(17)19-11)21-2-3-22-5-8-10(16)12(8)21/h4,8,10,12H,2-3,5H2,1H3/t8-,10-,12-/m0/s1. The molecule has 3 atom stereocenters. The number of anilines is 1. The van der Waals surface area contributed by atoms with Gasteiger partial charge in [0.05, 0.1) is 30.3 Å². The summed E-state index contributed by atoms with van der Waals surface area (Å²) in [5.74, 6) is -0.761. The van der Waals surface area contributed by atoms with Crippen molar-refractivity contribution in [1.29, 1.82) is 0 Å². The molecule has 1 saturated carbocycles. The minimum atomic E-state index is -1.04. The Morgan fingerprint density at radius 3 is 2.95 bits per heavy atom. The van der Waals surface area contributed by atoms with Crippen LogP contribution in [0.25, 0.3) is 10.9 Å². The molecule has 0 unspecified atom stereocenters. The molecule has 1 saturated heterocycles. The fourth-order valence-electron chi connectivity index (χ4n) is 3.01. The highest BCUT2D eigenvalue weighted by atomic mass is 19.1. The molecule has 2 fully saturated rings. The maximum absolute atomic E-state index is 14.2. The molecule has 0 spiro atoms. The van der Waals surface area contributed by atoms with Gasteiger partial charge in [-0.25, -0.2) is 8.78 Å². The zero-order valence-electron chi connectivity index (χ0n) is 11.8. The van der Waals surface area contributed by atoms with Crippen molar-refractivity contribution in [1.82, 2.24) is 15.0 Å². The lowest BCUT2D eigenvalue weighted by molar-refractivity contribution is 0.130. The van der Waals surface area contributed by atoms with Crippen LogP contribution in [0.4, 0.5) is 19.0 Å². The van der Waals surface area contributed by atoms with Gasteiger partial charge in [-0.3, -0.25) is 4.98 Å². The van der Waals surface area contributed by atoms with Gasteiger partial charge in [-0.15, -0.1) is 0 Å². The first-order valence-corrected chi connectivity index (χ1v) is 7.04. The smallest absolute Gasteiger partial charge is 0.311 e. The molecule has 3 heterocycles. The van der Waals surface area contributed by atoms with E-state index in [0.29, 0.717) is 19.8 Å². The number of alkyl halides is 1. The van der Waals surface area contributed by atoms with E-state index in [-0.39, 0.29) is 28.3 Å². The molecule has 0 radical (unpaired) electrons. The van der Waals surface area contributed by atoms with Crippen LogP contribution in [-0.4, -0.2) is 46.9 Å². The number of halogens is 3. The van der Waals surface area contributed by atoms with Crippen LogP contribution in [0.15, 0.2) is 6.20 Å². The number of fused-ring (bicyclic) bond motifs is 2. The predicted octanol–water partition coefficient (Wildman–Crippen LogP) is 1.78. The van der Waals surface area contributed by atoms with Crippen molar-refractivity contribution in [2.24, 2.45) is 5.92 Å². The normalized spacial score (nSPS) is 27.6. The molecule has 8 heteroatoms. The Bertz CT molecular complexity index is 756. The summed E-state index contributed by atoms with van der Waals surface area (Å²) in [4.78, 5) is 12.9. The number of hydrogen-bond acceptors (Lipinski definition) is 5. The highest BCUT2D eigenvalue weighted by molar-refractivity contribution is 5.89. The Hall–Kier alpha value is -1.96. The number of hydrogen-bond donors (Lipinski definition) is 0. The van der Waals surface area contributed by atoms with Gasteiger partial charge in [0.2, 0.25) is 0 Å². The third-order valence-electron chi connectivity index (χ3n) is 4.26. The highest BCUT2D eigenvalue weighted by Gasteiger charge is 2.56. The number of ether oxygens (including phenoxy) is 1. The van der Waals surface area contributed by atoms with Crippen molar-refractivity contribution >= 4 is 16.7 Å². The fourth-order valence-corrected chi connectivity index (χ4v) is 3.01. The van der Waals surface area contributed by atoms with Gasteiger partial charge < -0.3 is 9.64 Å². The summed E-state index contributed by atoms with van der Waals surface area (Å²) in [7, 11) is 0. The number of aromatic nitrogens is 3. The van der Waals surface area contributed by atoms with Crippen molar-refractivity contribution < 1.29 is 17.9 Å². The molecular formula is C14H13F3N4O. The van der Waals surface area contributed by atoms with Gasteiger partial charge in [0, 0.05) is 18.7 Å². The van der Waals surface area contributed by atoms with Crippen LogP contribution >= 0.6 is 0 Å². The molecule has 1 aliphatic heterocycles. The quantitative estimate of drug-likeness (QED) is 0.752.